The Morgan fingerprint density at radius 3 is 2.70 bits per heavy atom. The summed E-state index contributed by atoms with van der Waals surface area (Å²) in [6.45, 7) is 7.85. The lowest BCUT2D eigenvalue weighted by Crippen LogP contribution is -2.27. The molecule has 0 amide bonds. The van der Waals surface area contributed by atoms with Crippen LogP contribution in [0.5, 0.6) is 17.2 Å². The number of nitrogens with zero attached hydrogens (tertiary/aromatic N) is 2. The predicted octanol–water partition coefficient (Wildman–Crippen LogP) is 5.76. The maximum Gasteiger partial charge on any atom is 0.231 e. The summed E-state index contributed by atoms with van der Waals surface area (Å²) in [6, 6.07) is 13.5. The van der Waals surface area contributed by atoms with Gasteiger partial charge in [-0.15, -0.1) is 11.3 Å². The Bertz CT molecular complexity index is 975. The molecule has 0 radical (unpaired) electrons. The number of halogens is 1. The van der Waals surface area contributed by atoms with Crippen LogP contribution in [-0.4, -0.2) is 23.2 Å². The number of aromatic nitrogens is 1. The van der Waals surface area contributed by atoms with Gasteiger partial charge in [0.2, 0.25) is 6.79 Å². The van der Waals surface area contributed by atoms with Crippen LogP contribution < -0.4 is 14.2 Å². The molecule has 0 atom stereocenters. The van der Waals surface area contributed by atoms with Crippen LogP contribution in [0.4, 0.5) is 0 Å². The Balaban J connectivity index is 1.37. The van der Waals surface area contributed by atoms with E-state index >= 15 is 0 Å². The van der Waals surface area contributed by atoms with Crippen LogP contribution in [0.1, 0.15) is 30.1 Å². The van der Waals surface area contributed by atoms with Gasteiger partial charge in [-0.3, -0.25) is 4.90 Å². The van der Waals surface area contributed by atoms with E-state index in [1.807, 2.05) is 30.3 Å². The van der Waals surface area contributed by atoms with Crippen molar-refractivity contribution < 1.29 is 14.2 Å². The molecule has 30 heavy (non-hydrogen) atoms. The van der Waals surface area contributed by atoms with E-state index in [4.69, 9.17) is 30.8 Å². The van der Waals surface area contributed by atoms with Gasteiger partial charge in [-0.05, 0) is 47.9 Å². The molecular formula is C23H25ClN2O3S. The van der Waals surface area contributed by atoms with E-state index < -0.39 is 0 Å². The third kappa shape index (κ3) is 5.65. The minimum absolute atomic E-state index is 0.300. The summed E-state index contributed by atoms with van der Waals surface area (Å²) in [5.74, 6) is 3.00. The highest BCUT2D eigenvalue weighted by molar-refractivity contribution is 7.09. The topological polar surface area (TPSA) is 43.8 Å². The number of fused-ring (bicyclic) bond motifs is 1. The van der Waals surface area contributed by atoms with E-state index in [0.29, 0.717) is 24.3 Å². The maximum atomic E-state index is 5.92. The van der Waals surface area contributed by atoms with Crippen molar-refractivity contribution in [2.24, 2.45) is 5.92 Å². The molecule has 0 fully saturated rings. The summed E-state index contributed by atoms with van der Waals surface area (Å²) >= 11 is 7.55. The lowest BCUT2D eigenvalue weighted by molar-refractivity contribution is 0.174. The second-order valence-corrected chi connectivity index (χ2v) is 9.11. The van der Waals surface area contributed by atoms with Gasteiger partial charge in [0.1, 0.15) is 17.4 Å². The van der Waals surface area contributed by atoms with Gasteiger partial charge in [-0.1, -0.05) is 31.5 Å². The molecule has 3 aromatic rings. The van der Waals surface area contributed by atoms with Crippen LogP contribution in [0.2, 0.25) is 5.02 Å². The van der Waals surface area contributed by atoms with Crippen molar-refractivity contribution in [1.29, 1.82) is 0 Å². The summed E-state index contributed by atoms with van der Waals surface area (Å²) in [4.78, 5) is 7.19. The lowest BCUT2D eigenvalue weighted by atomic mass is 10.1. The summed E-state index contributed by atoms with van der Waals surface area (Å²) in [5, 5.41) is 3.78. The largest absolute Gasteiger partial charge is 0.486 e. The summed E-state index contributed by atoms with van der Waals surface area (Å²) < 4.78 is 16.8. The normalized spacial score (nSPS) is 12.7. The van der Waals surface area contributed by atoms with Crippen LogP contribution in [-0.2, 0) is 19.7 Å². The number of ether oxygens (including phenoxy) is 3. The van der Waals surface area contributed by atoms with Crippen molar-refractivity contribution >= 4 is 22.9 Å². The molecule has 0 N–H and O–H groups in total. The van der Waals surface area contributed by atoms with E-state index in [0.717, 1.165) is 47.6 Å². The quantitative estimate of drug-likeness (QED) is 0.419. The molecule has 7 heteroatoms. The third-order valence-corrected chi connectivity index (χ3v) is 5.75. The van der Waals surface area contributed by atoms with E-state index in [9.17, 15) is 0 Å². The zero-order valence-electron chi connectivity index (χ0n) is 17.1. The fourth-order valence-corrected chi connectivity index (χ4v) is 4.21. The van der Waals surface area contributed by atoms with Gasteiger partial charge in [0, 0.05) is 30.0 Å². The molecule has 0 unspecified atom stereocenters. The highest BCUT2D eigenvalue weighted by Gasteiger charge is 2.16. The lowest BCUT2D eigenvalue weighted by Gasteiger charge is -2.23. The molecule has 0 bridgehead atoms. The first kappa shape index (κ1) is 21.0. The van der Waals surface area contributed by atoms with Crippen LogP contribution >= 0.6 is 22.9 Å². The fourth-order valence-electron chi connectivity index (χ4n) is 3.39. The van der Waals surface area contributed by atoms with Crippen molar-refractivity contribution in [3.8, 4) is 17.2 Å². The molecule has 158 valence electrons. The third-order valence-electron chi connectivity index (χ3n) is 4.63. The Labute approximate surface area is 186 Å². The number of hydrogen-bond donors (Lipinski definition) is 0. The average Bonchev–Trinajstić information content (AvgIpc) is 3.36. The maximum absolute atomic E-state index is 5.92. The van der Waals surface area contributed by atoms with Crippen molar-refractivity contribution in [3.63, 3.8) is 0 Å². The van der Waals surface area contributed by atoms with Gasteiger partial charge >= 0.3 is 0 Å². The fraction of sp³-hybridized carbons (Fsp3) is 0.348. The number of hydrogen-bond acceptors (Lipinski definition) is 6. The average molecular weight is 445 g/mol. The van der Waals surface area contributed by atoms with E-state index in [-0.39, 0.29) is 0 Å². The van der Waals surface area contributed by atoms with Crippen molar-refractivity contribution in [2.75, 3.05) is 13.3 Å². The first-order chi connectivity index (χ1) is 14.5. The van der Waals surface area contributed by atoms with E-state index in [2.05, 4.69) is 36.3 Å². The van der Waals surface area contributed by atoms with Crippen LogP contribution in [0.25, 0.3) is 0 Å². The van der Waals surface area contributed by atoms with Gasteiger partial charge in [0.25, 0.3) is 0 Å². The Morgan fingerprint density at radius 2 is 1.90 bits per heavy atom. The summed E-state index contributed by atoms with van der Waals surface area (Å²) in [5.41, 5.74) is 2.28. The summed E-state index contributed by atoms with van der Waals surface area (Å²) in [6.07, 6.45) is 0. The number of rotatable bonds is 9. The molecule has 0 aliphatic carbocycles. The molecule has 5 nitrogen and oxygen atoms in total. The molecular weight excluding hydrogens is 420 g/mol. The monoisotopic (exact) mass is 444 g/mol. The molecule has 1 aliphatic heterocycles. The second kappa shape index (κ2) is 9.69. The highest BCUT2D eigenvalue weighted by atomic mass is 35.5. The molecule has 2 heterocycles. The summed E-state index contributed by atoms with van der Waals surface area (Å²) in [7, 11) is 0. The first-order valence-electron chi connectivity index (χ1n) is 9.97. The zero-order valence-corrected chi connectivity index (χ0v) is 18.7. The van der Waals surface area contributed by atoms with Crippen LogP contribution in [0.15, 0.2) is 47.8 Å². The minimum atomic E-state index is 0.300. The van der Waals surface area contributed by atoms with Crippen molar-refractivity contribution in [3.05, 3.63) is 69.1 Å². The predicted molar refractivity (Wildman–Crippen MR) is 119 cm³/mol. The van der Waals surface area contributed by atoms with Gasteiger partial charge in [-0.2, -0.15) is 0 Å². The van der Waals surface area contributed by atoms with Gasteiger partial charge in [0.15, 0.2) is 11.5 Å². The zero-order chi connectivity index (χ0) is 20.9. The van der Waals surface area contributed by atoms with E-state index in [1.165, 1.54) is 5.56 Å². The van der Waals surface area contributed by atoms with Gasteiger partial charge < -0.3 is 14.2 Å². The van der Waals surface area contributed by atoms with E-state index in [1.54, 1.807) is 11.3 Å². The Morgan fingerprint density at radius 1 is 1.10 bits per heavy atom. The van der Waals surface area contributed by atoms with Crippen molar-refractivity contribution in [1.82, 2.24) is 9.88 Å². The Hall–Kier alpha value is -2.28. The Kier molecular flexibility index (Phi) is 6.77. The van der Waals surface area contributed by atoms with Gasteiger partial charge in [0.05, 0.1) is 5.69 Å². The van der Waals surface area contributed by atoms with Crippen molar-refractivity contribution in [2.45, 2.75) is 33.5 Å². The molecule has 0 saturated carbocycles. The minimum Gasteiger partial charge on any atom is -0.486 e. The highest BCUT2D eigenvalue weighted by Crippen LogP contribution is 2.33. The first-order valence-corrected chi connectivity index (χ1v) is 11.2. The standard InChI is InChI=1S/C23H25ClN2O3S/c1-16(2)10-26(11-17-3-8-21-22(9-17)29-15-28-21)12-19-14-30-23(25-19)13-27-20-6-4-18(24)5-7-20/h3-9,14,16H,10-13,15H2,1-2H3. The molecule has 0 spiro atoms. The second-order valence-electron chi connectivity index (χ2n) is 7.73. The number of thiazole rings is 1. The molecule has 1 aliphatic rings. The molecule has 4 rings (SSSR count). The van der Waals surface area contributed by atoms with Crippen LogP contribution in [0.3, 0.4) is 0 Å². The van der Waals surface area contributed by atoms with Crippen LogP contribution in [0, 0.1) is 5.92 Å². The molecule has 1 aromatic heterocycles. The smallest absolute Gasteiger partial charge is 0.231 e. The SMILES string of the molecule is CC(C)CN(Cc1ccc2c(c1)OCO2)Cc1csc(COc2ccc(Cl)cc2)n1. The van der Waals surface area contributed by atoms with Gasteiger partial charge in [-0.25, -0.2) is 4.98 Å². The molecule has 2 aromatic carbocycles. The molecule has 0 saturated heterocycles. The number of benzene rings is 2.